The number of ether oxygens (including phenoxy) is 1. The van der Waals surface area contributed by atoms with Crippen molar-refractivity contribution in [2.45, 2.75) is 40.8 Å². The van der Waals surface area contributed by atoms with Crippen molar-refractivity contribution in [3.05, 3.63) is 161 Å². The fraction of sp³-hybridized carbons (Fsp3) is 0.156. The van der Waals surface area contributed by atoms with Gasteiger partial charge in [0.25, 0.3) is 0 Å². The fourth-order valence-corrected chi connectivity index (χ4v) is 7.24. The van der Waals surface area contributed by atoms with Gasteiger partial charge in [-0.25, -0.2) is 19.9 Å². The molecule has 0 saturated heterocycles. The fourth-order valence-electron chi connectivity index (χ4n) is 6.85. The Hall–Kier alpha value is -7.06. The van der Waals surface area contributed by atoms with Crippen LogP contribution >= 0.6 is 15.9 Å². The third-order valence-electron chi connectivity index (χ3n) is 9.73. The number of nitrogens with one attached hydrogen (secondary N) is 2. The van der Waals surface area contributed by atoms with E-state index >= 15 is 0 Å². The number of hydrogen-bond acceptors (Lipinski definition) is 11. The van der Waals surface area contributed by atoms with Gasteiger partial charge in [-0.1, -0.05) is 12.1 Å². The zero-order chi connectivity index (χ0) is 40.9. The number of halogens is 1. The summed E-state index contributed by atoms with van der Waals surface area (Å²) in [5, 5.41) is 6.77. The second-order valence-corrected chi connectivity index (χ2v) is 14.8. The largest absolute Gasteiger partial charge is 0.497 e. The Labute approximate surface area is 349 Å². The molecule has 0 atom stereocenters. The molecule has 0 radical (unpaired) electrons. The molecule has 0 amide bonds. The highest BCUT2D eigenvalue weighted by molar-refractivity contribution is 9.10. The van der Waals surface area contributed by atoms with E-state index in [0.29, 0.717) is 13.1 Å². The van der Waals surface area contributed by atoms with E-state index in [1.807, 2.05) is 108 Å². The van der Waals surface area contributed by atoms with Gasteiger partial charge in [0.1, 0.15) is 10.4 Å². The summed E-state index contributed by atoms with van der Waals surface area (Å²) in [6.45, 7) is 9.35. The quantitative estimate of drug-likeness (QED) is 0.136. The number of nitrogens with zero attached hydrogens (tertiary/aromatic N) is 10. The number of hydrogen-bond donors (Lipinski definition) is 2. The standard InChI is InChI=1S/C26H24N6O.C19H17BrN6/c1-17-12-19(14-29-24(17)21-8-9-27-18(2)13-21)15-30-25-26-31-16-23(32(26)11-10-28-25)20-4-6-22(33-3)7-5-20;1-12-7-14(9-23-17(12)15-3-4-21-13(2)8-15)10-24-18-19-25-11-16(20)26(19)6-5-22-18/h4-14,16H,15H2,1-3H3,(H,28,30);3-9,11H,10H2,1-2H3,(H,22,24). The van der Waals surface area contributed by atoms with E-state index in [1.165, 1.54) is 0 Å². The molecule has 0 saturated carbocycles. The molecule has 0 aliphatic heterocycles. The Morgan fingerprint density at radius 1 is 0.542 bits per heavy atom. The highest BCUT2D eigenvalue weighted by Crippen LogP contribution is 2.27. The van der Waals surface area contributed by atoms with Gasteiger partial charge in [0.05, 0.1) is 36.6 Å². The maximum Gasteiger partial charge on any atom is 0.180 e. The van der Waals surface area contributed by atoms with Crippen molar-refractivity contribution in [1.29, 1.82) is 0 Å². The molecule has 0 aliphatic carbocycles. The minimum absolute atomic E-state index is 0.598. The Balaban J connectivity index is 0.000000169. The van der Waals surface area contributed by atoms with Crippen LogP contribution in [0.15, 0.2) is 127 Å². The normalized spacial score (nSPS) is 11.0. The zero-order valence-corrected chi connectivity index (χ0v) is 34.8. The molecular formula is C45H41BrN12O. The molecule has 0 fully saturated rings. The molecule has 14 heteroatoms. The van der Waals surface area contributed by atoms with Gasteiger partial charge in [-0.3, -0.25) is 28.7 Å². The number of fused-ring (bicyclic) bond motifs is 2. The Bertz CT molecular complexity index is 2910. The molecule has 9 rings (SSSR count). The number of benzene rings is 1. The van der Waals surface area contributed by atoms with Crippen LogP contribution in [0, 0.1) is 27.7 Å². The lowest BCUT2D eigenvalue weighted by Gasteiger charge is -2.11. The Morgan fingerprint density at radius 2 is 1.07 bits per heavy atom. The summed E-state index contributed by atoms with van der Waals surface area (Å²) in [6, 6.07) is 20.3. The molecule has 59 heavy (non-hydrogen) atoms. The van der Waals surface area contributed by atoms with Gasteiger partial charge in [-0.2, -0.15) is 0 Å². The first kappa shape index (κ1) is 38.8. The van der Waals surface area contributed by atoms with Crippen LogP contribution in [0.3, 0.4) is 0 Å². The number of aromatic nitrogens is 10. The van der Waals surface area contributed by atoms with E-state index in [1.54, 1.807) is 25.7 Å². The van der Waals surface area contributed by atoms with Crippen molar-refractivity contribution in [3.63, 3.8) is 0 Å². The van der Waals surface area contributed by atoms with E-state index in [4.69, 9.17) is 9.72 Å². The SMILES string of the molecule is COc1ccc(-c2cnc3c(NCc4cnc(-c5ccnc(C)c5)c(C)c4)nccn23)cc1.Cc1cc(-c2ncc(CNc3nccn4c(Br)cnc34)cc2C)ccn1. The second kappa shape index (κ2) is 17.2. The average molecular weight is 846 g/mol. The predicted octanol–water partition coefficient (Wildman–Crippen LogP) is 9.27. The highest BCUT2D eigenvalue weighted by atomic mass is 79.9. The van der Waals surface area contributed by atoms with Crippen LogP contribution in [0.5, 0.6) is 5.75 Å². The van der Waals surface area contributed by atoms with Crippen molar-refractivity contribution in [2.24, 2.45) is 0 Å². The van der Waals surface area contributed by atoms with E-state index in [9.17, 15) is 0 Å². The lowest BCUT2D eigenvalue weighted by Crippen LogP contribution is -2.05. The van der Waals surface area contributed by atoms with E-state index in [2.05, 4.69) is 93.5 Å². The number of aryl methyl sites for hydroxylation is 4. The lowest BCUT2D eigenvalue weighted by molar-refractivity contribution is 0.415. The van der Waals surface area contributed by atoms with Crippen molar-refractivity contribution in [3.8, 4) is 39.5 Å². The van der Waals surface area contributed by atoms with Crippen molar-refractivity contribution < 1.29 is 4.74 Å². The summed E-state index contributed by atoms with van der Waals surface area (Å²) in [6.07, 6.45) is 18.4. The first-order chi connectivity index (χ1) is 28.7. The van der Waals surface area contributed by atoms with Crippen LogP contribution in [-0.2, 0) is 13.1 Å². The minimum Gasteiger partial charge on any atom is -0.497 e. The number of methoxy groups -OCH3 is 1. The smallest absolute Gasteiger partial charge is 0.180 e. The molecule has 13 nitrogen and oxygen atoms in total. The van der Waals surface area contributed by atoms with Crippen molar-refractivity contribution in [2.75, 3.05) is 17.7 Å². The second-order valence-electron chi connectivity index (χ2n) is 14.0. The third-order valence-corrected chi connectivity index (χ3v) is 10.3. The van der Waals surface area contributed by atoms with Crippen LogP contribution < -0.4 is 15.4 Å². The molecule has 294 valence electrons. The van der Waals surface area contributed by atoms with Gasteiger partial charge in [-0.15, -0.1) is 0 Å². The molecule has 1 aromatic carbocycles. The zero-order valence-electron chi connectivity index (χ0n) is 33.2. The van der Waals surface area contributed by atoms with Gasteiger partial charge in [0.2, 0.25) is 0 Å². The van der Waals surface area contributed by atoms with Gasteiger partial charge in [0, 0.05) is 90.7 Å². The van der Waals surface area contributed by atoms with Crippen LogP contribution in [0.1, 0.15) is 33.6 Å². The molecule has 2 N–H and O–H groups in total. The number of rotatable bonds is 10. The molecule has 8 aromatic heterocycles. The highest BCUT2D eigenvalue weighted by Gasteiger charge is 2.13. The van der Waals surface area contributed by atoms with Gasteiger partial charge in [0.15, 0.2) is 22.9 Å². The van der Waals surface area contributed by atoms with Gasteiger partial charge < -0.3 is 15.4 Å². The summed E-state index contributed by atoms with van der Waals surface area (Å²) in [5.74, 6) is 2.29. The topological polar surface area (TPSA) is 145 Å². The molecule has 0 spiro atoms. The third kappa shape index (κ3) is 8.62. The van der Waals surface area contributed by atoms with Crippen LogP contribution in [0.25, 0.3) is 45.1 Å². The maximum atomic E-state index is 5.26. The number of imidazole rings is 2. The predicted molar refractivity (Wildman–Crippen MR) is 234 cm³/mol. The maximum absolute atomic E-state index is 5.26. The summed E-state index contributed by atoms with van der Waals surface area (Å²) in [7, 11) is 1.66. The van der Waals surface area contributed by atoms with Crippen LogP contribution in [0.4, 0.5) is 11.6 Å². The van der Waals surface area contributed by atoms with E-state index < -0.39 is 0 Å². The average Bonchev–Trinajstić information content (AvgIpc) is 3.87. The summed E-state index contributed by atoms with van der Waals surface area (Å²) in [5.41, 5.74) is 14.1. The van der Waals surface area contributed by atoms with Gasteiger partial charge >= 0.3 is 0 Å². The Kier molecular flexibility index (Phi) is 11.3. The number of anilines is 2. The van der Waals surface area contributed by atoms with Gasteiger partial charge in [-0.05, 0) is 114 Å². The lowest BCUT2D eigenvalue weighted by atomic mass is 10.1. The van der Waals surface area contributed by atoms with E-state index in [0.717, 1.165) is 101 Å². The Morgan fingerprint density at radius 3 is 1.59 bits per heavy atom. The molecule has 0 unspecified atom stereocenters. The molecular weight excluding hydrogens is 804 g/mol. The number of pyridine rings is 4. The van der Waals surface area contributed by atoms with Crippen LogP contribution in [-0.4, -0.2) is 55.8 Å². The van der Waals surface area contributed by atoms with Crippen LogP contribution in [0.2, 0.25) is 0 Å². The van der Waals surface area contributed by atoms with E-state index in [-0.39, 0.29) is 0 Å². The summed E-state index contributed by atoms with van der Waals surface area (Å²) in [4.78, 5) is 35.8. The monoisotopic (exact) mass is 844 g/mol. The first-order valence-electron chi connectivity index (χ1n) is 18.9. The van der Waals surface area contributed by atoms with Crippen molar-refractivity contribution >= 4 is 38.9 Å². The summed E-state index contributed by atoms with van der Waals surface area (Å²) < 4.78 is 10.1. The molecule has 8 heterocycles. The molecule has 9 aromatic rings. The van der Waals surface area contributed by atoms with Crippen molar-refractivity contribution in [1.82, 2.24) is 48.7 Å². The molecule has 0 aliphatic rings. The molecule has 0 bridgehead atoms. The summed E-state index contributed by atoms with van der Waals surface area (Å²) >= 11 is 3.47. The first-order valence-corrected chi connectivity index (χ1v) is 19.7. The minimum atomic E-state index is 0.598.